The van der Waals surface area contributed by atoms with E-state index in [1.54, 1.807) is 0 Å². The van der Waals surface area contributed by atoms with Crippen molar-refractivity contribution in [3.63, 3.8) is 0 Å². The number of fused-ring (bicyclic) bond motifs is 4. The lowest BCUT2D eigenvalue weighted by Crippen LogP contribution is -2.33. The molecule has 4 fully saturated rings. The summed E-state index contributed by atoms with van der Waals surface area (Å²) in [5, 5.41) is 2.34. The first-order chi connectivity index (χ1) is 8.24. The second kappa shape index (κ2) is 4.21. The van der Waals surface area contributed by atoms with Crippen molar-refractivity contribution in [3.8, 4) is 0 Å². The molecule has 4 rings (SSSR count). The summed E-state index contributed by atoms with van der Waals surface area (Å²) in [5.41, 5.74) is 0. The molecule has 96 valence electrons. The van der Waals surface area contributed by atoms with Gasteiger partial charge in [-0.3, -0.25) is 0 Å². The van der Waals surface area contributed by atoms with Crippen molar-refractivity contribution in [1.29, 1.82) is 0 Å². The second-order valence-corrected chi connectivity index (χ2v) is 8.99. The average Bonchev–Trinajstić information content (AvgIpc) is 3.05. The highest BCUT2D eigenvalue weighted by Crippen LogP contribution is 2.58. The maximum absolute atomic E-state index is 6.64. The van der Waals surface area contributed by atoms with E-state index in [1.165, 1.54) is 38.5 Å². The van der Waals surface area contributed by atoms with Gasteiger partial charge in [-0.1, -0.05) is 0 Å². The highest BCUT2D eigenvalue weighted by molar-refractivity contribution is 8.00. The first kappa shape index (κ1) is 11.7. The predicted molar refractivity (Wildman–Crippen MR) is 76.1 cm³/mol. The van der Waals surface area contributed by atoms with Crippen molar-refractivity contribution in [1.82, 2.24) is 0 Å². The molecule has 4 bridgehead atoms. The summed E-state index contributed by atoms with van der Waals surface area (Å²) in [7, 11) is 0. The molecule has 4 aliphatic carbocycles. The Kier molecular flexibility index (Phi) is 2.91. The molecule has 0 aromatic heterocycles. The van der Waals surface area contributed by atoms with Crippen LogP contribution in [0.1, 0.15) is 38.5 Å². The number of hydrogen-bond acceptors (Lipinski definition) is 1. The molecule has 0 N–H and O–H groups in total. The van der Waals surface area contributed by atoms with Crippen molar-refractivity contribution >= 4 is 35.0 Å². The van der Waals surface area contributed by atoms with E-state index in [4.69, 9.17) is 23.2 Å². The van der Waals surface area contributed by atoms with Gasteiger partial charge in [0.25, 0.3) is 0 Å². The zero-order valence-corrected chi connectivity index (χ0v) is 12.4. The van der Waals surface area contributed by atoms with Crippen LogP contribution in [-0.4, -0.2) is 21.3 Å². The Labute approximate surface area is 118 Å². The minimum absolute atomic E-state index is 0.446. The Hall–Kier alpha value is 0.930. The maximum atomic E-state index is 6.64. The van der Waals surface area contributed by atoms with Gasteiger partial charge in [-0.2, -0.15) is 11.8 Å². The van der Waals surface area contributed by atoms with Gasteiger partial charge in [0, 0.05) is 21.3 Å². The van der Waals surface area contributed by atoms with Crippen molar-refractivity contribution < 1.29 is 0 Å². The lowest BCUT2D eigenvalue weighted by molar-refractivity contribution is 0.478. The summed E-state index contributed by atoms with van der Waals surface area (Å²) in [6, 6.07) is 0. The molecule has 0 aromatic carbocycles. The standard InChI is InChI=1S/C14H20Cl2S/c15-11-7-1-3-9(5-7)13(11)17-14-10-4-2-8(6-10)12(14)16/h7-14H,1-6H2. The topological polar surface area (TPSA) is 0 Å². The fraction of sp³-hybridized carbons (Fsp3) is 1.00. The van der Waals surface area contributed by atoms with Crippen LogP contribution in [0, 0.1) is 23.7 Å². The minimum atomic E-state index is 0.446. The highest BCUT2D eigenvalue weighted by atomic mass is 35.5. The van der Waals surface area contributed by atoms with Crippen LogP contribution in [-0.2, 0) is 0 Å². The van der Waals surface area contributed by atoms with Gasteiger partial charge in [0.1, 0.15) is 0 Å². The van der Waals surface area contributed by atoms with Crippen molar-refractivity contribution in [3.05, 3.63) is 0 Å². The molecule has 8 atom stereocenters. The van der Waals surface area contributed by atoms with E-state index in [9.17, 15) is 0 Å². The van der Waals surface area contributed by atoms with Crippen LogP contribution in [0.4, 0.5) is 0 Å². The van der Waals surface area contributed by atoms with E-state index in [0.717, 1.165) is 34.2 Å². The molecule has 0 radical (unpaired) electrons. The molecule has 3 heteroatoms. The van der Waals surface area contributed by atoms with Crippen LogP contribution in [0.2, 0.25) is 0 Å². The molecule has 0 saturated heterocycles. The highest BCUT2D eigenvalue weighted by Gasteiger charge is 2.52. The summed E-state index contributed by atoms with van der Waals surface area (Å²) >= 11 is 15.5. The number of thioether (sulfide) groups is 1. The smallest absolute Gasteiger partial charge is 0.0485 e. The molecule has 0 heterocycles. The zero-order valence-electron chi connectivity index (χ0n) is 10.0. The first-order valence-corrected chi connectivity index (χ1v) is 8.99. The van der Waals surface area contributed by atoms with Crippen LogP contribution >= 0.6 is 35.0 Å². The van der Waals surface area contributed by atoms with Crippen molar-refractivity contribution in [2.45, 2.75) is 59.8 Å². The van der Waals surface area contributed by atoms with E-state index < -0.39 is 0 Å². The van der Waals surface area contributed by atoms with Crippen LogP contribution in [0.15, 0.2) is 0 Å². The molecule has 0 amide bonds. The summed E-state index contributed by atoms with van der Waals surface area (Å²) in [5.74, 6) is 3.48. The van der Waals surface area contributed by atoms with Gasteiger partial charge in [0.05, 0.1) is 0 Å². The predicted octanol–water partition coefficient (Wildman–Crippen LogP) is 4.53. The zero-order chi connectivity index (χ0) is 11.6. The third-order valence-corrected chi connectivity index (χ3v) is 9.34. The maximum Gasteiger partial charge on any atom is 0.0485 e. The molecule has 0 spiro atoms. The van der Waals surface area contributed by atoms with E-state index in [2.05, 4.69) is 11.8 Å². The summed E-state index contributed by atoms with van der Waals surface area (Å²) < 4.78 is 0. The van der Waals surface area contributed by atoms with Gasteiger partial charge in [-0.25, -0.2) is 0 Å². The van der Waals surface area contributed by atoms with Crippen LogP contribution < -0.4 is 0 Å². The molecular formula is C14H20Cl2S. The third kappa shape index (κ3) is 1.71. The van der Waals surface area contributed by atoms with E-state index in [-0.39, 0.29) is 0 Å². The average molecular weight is 291 g/mol. The Morgan fingerprint density at radius 3 is 1.41 bits per heavy atom. The monoisotopic (exact) mass is 290 g/mol. The minimum Gasteiger partial charge on any atom is -0.151 e. The van der Waals surface area contributed by atoms with Gasteiger partial charge < -0.3 is 0 Å². The molecule has 17 heavy (non-hydrogen) atoms. The normalized spacial score (nSPS) is 60.4. The number of rotatable bonds is 2. The van der Waals surface area contributed by atoms with Gasteiger partial charge in [0.15, 0.2) is 0 Å². The Bertz CT molecular complexity index is 287. The van der Waals surface area contributed by atoms with Gasteiger partial charge >= 0.3 is 0 Å². The van der Waals surface area contributed by atoms with Crippen LogP contribution in [0.5, 0.6) is 0 Å². The molecule has 8 unspecified atom stereocenters. The van der Waals surface area contributed by atoms with Gasteiger partial charge in [-0.15, -0.1) is 23.2 Å². The molecular weight excluding hydrogens is 271 g/mol. The van der Waals surface area contributed by atoms with Gasteiger partial charge in [0.2, 0.25) is 0 Å². The largest absolute Gasteiger partial charge is 0.151 e. The fourth-order valence-corrected chi connectivity index (χ4v) is 8.16. The lowest BCUT2D eigenvalue weighted by atomic mass is 9.99. The Balaban J connectivity index is 1.47. The SMILES string of the molecule is ClC1C2CCC(C2)C1SC1C2CCC(C2)C1Cl. The van der Waals surface area contributed by atoms with Crippen molar-refractivity contribution in [2.75, 3.05) is 0 Å². The molecule has 4 saturated carbocycles. The quantitative estimate of drug-likeness (QED) is 0.673. The van der Waals surface area contributed by atoms with Crippen molar-refractivity contribution in [2.24, 2.45) is 23.7 Å². The number of hydrogen-bond donors (Lipinski definition) is 0. The van der Waals surface area contributed by atoms with Gasteiger partial charge in [-0.05, 0) is 62.2 Å². The number of halogens is 2. The summed E-state index contributed by atoms with van der Waals surface area (Å²) in [6.45, 7) is 0. The molecule has 4 aliphatic rings. The fourth-order valence-electron chi connectivity index (χ4n) is 4.89. The van der Waals surface area contributed by atoms with Crippen LogP contribution in [0.3, 0.4) is 0 Å². The molecule has 0 aliphatic heterocycles. The second-order valence-electron chi connectivity index (χ2n) is 6.62. The van der Waals surface area contributed by atoms with Crippen LogP contribution in [0.25, 0.3) is 0 Å². The first-order valence-electron chi connectivity index (χ1n) is 7.17. The summed E-state index contributed by atoms with van der Waals surface area (Å²) in [6.07, 6.45) is 8.44. The molecule has 0 aromatic rings. The Morgan fingerprint density at radius 1 is 0.647 bits per heavy atom. The van der Waals surface area contributed by atoms with E-state index in [1.807, 2.05) is 0 Å². The lowest BCUT2D eigenvalue weighted by Gasteiger charge is -2.33. The van der Waals surface area contributed by atoms with E-state index in [0.29, 0.717) is 10.8 Å². The Morgan fingerprint density at radius 2 is 1.06 bits per heavy atom. The molecule has 0 nitrogen and oxygen atoms in total. The number of alkyl halides is 2. The van der Waals surface area contributed by atoms with E-state index >= 15 is 0 Å². The third-order valence-electron chi connectivity index (χ3n) is 5.80. The summed E-state index contributed by atoms with van der Waals surface area (Å²) in [4.78, 5) is 0.